The molecule has 1 atom stereocenters. The lowest BCUT2D eigenvalue weighted by atomic mass is 10.0. The predicted octanol–water partition coefficient (Wildman–Crippen LogP) is 23.3. The van der Waals surface area contributed by atoms with E-state index in [2.05, 4.69) is 93.7 Å². The van der Waals surface area contributed by atoms with E-state index in [-0.39, 0.29) is 37.5 Å². The Bertz CT molecular complexity index is 1440. The molecular formula is C72H128O6. The van der Waals surface area contributed by atoms with Crippen LogP contribution in [0.3, 0.4) is 0 Å². The first-order chi connectivity index (χ1) is 38.5. The molecule has 0 aromatic carbocycles. The Morgan fingerprint density at radius 3 is 0.782 bits per heavy atom. The van der Waals surface area contributed by atoms with Crippen molar-refractivity contribution in [1.29, 1.82) is 0 Å². The minimum absolute atomic E-state index is 0.0898. The second kappa shape index (κ2) is 66.4. The van der Waals surface area contributed by atoms with Gasteiger partial charge in [0.2, 0.25) is 0 Å². The smallest absolute Gasteiger partial charge is 0.306 e. The van der Waals surface area contributed by atoms with E-state index in [1.54, 1.807) is 0 Å². The standard InChI is InChI=1S/C72H128O6/c1-4-7-10-13-16-18-20-22-24-26-28-30-31-32-33-34-35-36-37-38-39-40-42-43-45-47-49-51-53-56-59-62-65-71(74)77-68-69(67-76-70(73)64-61-58-55-15-12-9-6-3)78-72(75)66-63-60-57-54-52-50-48-46-44-41-29-27-25-23-21-19-17-14-11-8-5-2/h8,11,17,19,23,25,29,41,46,48,52,54,69H,4-7,9-10,12-16,18,20-22,24,26-28,30-40,42-45,47,49-51,53,55-68H2,1-3H3/b11-8-,19-17-,25-23-,41-29-,48-46-,54-52-. The summed E-state index contributed by atoms with van der Waals surface area (Å²) in [6.07, 6.45) is 86.9. The van der Waals surface area contributed by atoms with Gasteiger partial charge in [0.25, 0.3) is 0 Å². The summed E-state index contributed by atoms with van der Waals surface area (Å²) in [6, 6.07) is 0. The van der Waals surface area contributed by atoms with Crippen LogP contribution >= 0.6 is 0 Å². The highest BCUT2D eigenvalue weighted by Gasteiger charge is 2.19. The second-order valence-electron chi connectivity index (χ2n) is 22.7. The summed E-state index contributed by atoms with van der Waals surface area (Å²) in [5, 5.41) is 0. The van der Waals surface area contributed by atoms with Gasteiger partial charge in [-0.3, -0.25) is 14.4 Å². The molecule has 0 aliphatic heterocycles. The number of ether oxygens (including phenoxy) is 3. The first-order valence-corrected chi connectivity index (χ1v) is 33.9. The van der Waals surface area contributed by atoms with Crippen molar-refractivity contribution in [1.82, 2.24) is 0 Å². The molecule has 0 N–H and O–H groups in total. The number of hydrogen-bond donors (Lipinski definition) is 0. The number of unbranched alkanes of at least 4 members (excludes halogenated alkanes) is 39. The molecule has 1 unspecified atom stereocenters. The van der Waals surface area contributed by atoms with Gasteiger partial charge in [0, 0.05) is 19.3 Å². The van der Waals surface area contributed by atoms with E-state index >= 15 is 0 Å². The molecule has 0 aromatic heterocycles. The van der Waals surface area contributed by atoms with Crippen LogP contribution in [0.15, 0.2) is 72.9 Å². The molecule has 0 saturated carbocycles. The minimum atomic E-state index is -0.795. The predicted molar refractivity (Wildman–Crippen MR) is 339 cm³/mol. The second-order valence-corrected chi connectivity index (χ2v) is 22.7. The van der Waals surface area contributed by atoms with Crippen molar-refractivity contribution in [3.05, 3.63) is 72.9 Å². The average Bonchev–Trinajstić information content (AvgIpc) is 3.44. The van der Waals surface area contributed by atoms with Crippen LogP contribution in [0.4, 0.5) is 0 Å². The number of rotatable bonds is 62. The Hall–Kier alpha value is -3.15. The molecule has 6 heteroatoms. The number of allylic oxidation sites excluding steroid dienone is 12. The summed E-state index contributed by atoms with van der Waals surface area (Å²) in [4.78, 5) is 38.1. The summed E-state index contributed by atoms with van der Waals surface area (Å²) < 4.78 is 16.8. The van der Waals surface area contributed by atoms with Gasteiger partial charge in [0.05, 0.1) is 0 Å². The quantitative estimate of drug-likeness (QED) is 0.0261. The third kappa shape index (κ3) is 63.7. The van der Waals surface area contributed by atoms with Crippen LogP contribution in [-0.2, 0) is 28.6 Å². The largest absolute Gasteiger partial charge is 0.462 e. The van der Waals surface area contributed by atoms with Gasteiger partial charge in [-0.25, -0.2) is 0 Å². The van der Waals surface area contributed by atoms with Gasteiger partial charge >= 0.3 is 17.9 Å². The molecule has 0 rings (SSSR count). The van der Waals surface area contributed by atoms with E-state index in [9.17, 15) is 14.4 Å². The molecule has 0 amide bonds. The van der Waals surface area contributed by atoms with Crippen molar-refractivity contribution in [3.63, 3.8) is 0 Å². The van der Waals surface area contributed by atoms with E-state index in [1.165, 1.54) is 212 Å². The normalized spacial score (nSPS) is 12.5. The van der Waals surface area contributed by atoms with E-state index in [1.807, 2.05) is 0 Å². The number of hydrogen-bond acceptors (Lipinski definition) is 6. The molecule has 0 radical (unpaired) electrons. The topological polar surface area (TPSA) is 78.9 Å². The van der Waals surface area contributed by atoms with Gasteiger partial charge in [-0.05, 0) is 70.6 Å². The maximum Gasteiger partial charge on any atom is 0.306 e. The van der Waals surface area contributed by atoms with Crippen molar-refractivity contribution in [3.8, 4) is 0 Å². The Morgan fingerprint density at radius 1 is 0.269 bits per heavy atom. The van der Waals surface area contributed by atoms with Crippen LogP contribution in [0.25, 0.3) is 0 Å². The highest BCUT2D eigenvalue weighted by molar-refractivity contribution is 5.71. The summed E-state index contributed by atoms with van der Waals surface area (Å²) in [7, 11) is 0. The maximum atomic E-state index is 12.8. The van der Waals surface area contributed by atoms with Gasteiger partial charge in [-0.1, -0.05) is 331 Å². The summed E-state index contributed by atoms with van der Waals surface area (Å²) in [6.45, 7) is 6.49. The van der Waals surface area contributed by atoms with Gasteiger partial charge in [0.15, 0.2) is 6.10 Å². The third-order valence-electron chi connectivity index (χ3n) is 15.0. The first kappa shape index (κ1) is 74.8. The number of esters is 3. The van der Waals surface area contributed by atoms with Crippen molar-refractivity contribution < 1.29 is 28.6 Å². The maximum absolute atomic E-state index is 12.8. The monoisotopic (exact) mass is 1090 g/mol. The van der Waals surface area contributed by atoms with Crippen LogP contribution in [-0.4, -0.2) is 37.2 Å². The van der Waals surface area contributed by atoms with Crippen molar-refractivity contribution >= 4 is 17.9 Å². The molecule has 0 aromatic rings. The Balaban J connectivity index is 4.06. The fraction of sp³-hybridized carbons (Fsp3) is 0.792. The zero-order chi connectivity index (χ0) is 56.4. The van der Waals surface area contributed by atoms with E-state index in [4.69, 9.17) is 14.2 Å². The van der Waals surface area contributed by atoms with Gasteiger partial charge in [0.1, 0.15) is 13.2 Å². The fourth-order valence-electron chi connectivity index (χ4n) is 9.92. The van der Waals surface area contributed by atoms with E-state index in [0.717, 1.165) is 89.9 Å². The molecule has 0 fully saturated rings. The van der Waals surface area contributed by atoms with Crippen LogP contribution in [0.5, 0.6) is 0 Å². The van der Waals surface area contributed by atoms with E-state index < -0.39 is 6.10 Å². The lowest BCUT2D eigenvalue weighted by Gasteiger charge is -2.18. The lowest BCUT2D eigenvalue weighted by Crippen LogP contribution is -2.30. The van der Waals surface area contributed by atoms with Crippen molar-refractivity contribution in [2.45, 2.75) is 354 Å². The van der Waals surface area contributed by atoms with Crippen LogP contribution < -0.4 is 0 Å². The van der Waals surface area contributed by atoms with Crippen molar-refractivity contribution in [2.75, 3.05) is 13.2 Å². The van der Waals surface area contributed by atoms with Crippen LogP contribution in [0, 0.1) is 0 Å². The van der Waals surface area contributed by atoms with Crippen LogP contribution in [0.1, 0.15) is 348 Å². The minimum Gasteiger partial charge on any atom is -0.462 e. The Labute approximate surface area is 484 Å². The Kier molecular flexibility index (Phi) is 63.7. The first-order valence-electron chi connectivity index (χ1n) is 33.9. The highest BCUT2D eigenvalue weighted by atomic mass is 16.6. The molecule has 452 valence electrons. The molecule has 0 saturated heterocycles. The molecular weight excluding hydrogens is 961 g/mol. The zero-order valence-electron chi connectivity index (χ0n) is 51.9. The lowest BCUT2D eigenvalue weighted by molar-refractivity contribution is -0.167. The van der Waals surface area contributed by atoms with Crippen LogP contribution in [0.2, 0.25) is 0 Å². The average molecular weight is 1090 g/mol. The Morgan fingerprint density at radius 2 is 0.500 bits per heavy atom. The van der Waals surface area contributed by atoms with Gasteiger partial charge in [-0.2, -0.15) is 0 Å². The summed E-state index contributed by atoms with van der Waals surface area (Å²) in [5.41, 5.74) is 0. The van der Waals surface area contributed by atoms with E-state index in [0.29, 0.717) is 19.3 Å². The molecule has 6 nitrogen and oxygen atoms in total. The number of carbonyl (C=O) groups excluding carboxylic acids is 3. The third-order valence-corrected chi connectivity index (χ3v) is 15.0. The molecule has 78 heavy (non-hydrogen) atoms. The molecule has 0 bridgehead atoms. The van der Waals surface area contributed by atoms with Crippen molar-refractivity contribution in [2.24, 2.45) is 0 Å². The molecule has 0 heterocycles. The fourth-order valence-corrected chi connectivity index (χ4v) is 9.92. The van der Waals surface area contributed by atoms with Gasteiger partial charge < -0.3 is 14.2 Å². The highest BCUT2D eigenvalue weighted by Crippen LogP contribution is 2.18. The zero-order valence-corrected chi connectivity index (χ0v) is 51.9. The molecule has 0 spiro atoms. The number of carbonyl (C=O) groups is 3. The molecule has 0 aliphatic carbocycles. The SMILES string of the molecule is CC/C=C\C/C=C\C/C=C\C/C=C\C/C=C\C/C=C\CCCCC(=O)OC(COC(=O)CCCCCCCCC)COC(=O)CCCCCCCCCCCCCCCCCCCCCCCCCCCCCCCCCC. The van der Waals surface area contributed by atoms with Gasteiger partial charge in [-0.15, -0.1) is 0 Å². The summed E-state index contributed by atoms with van der Waals surface area (Å²) >= 11 is 0. The molecule has 0 aliphatic rings. The summed E-state index contributed by atoms with van der Waals surface area (Å²) in [5.74, 6) is -0.927.